The molecule has 1 aromatic rings. The number of carbonyl (C=O) groups excluding carboxylic acids is 1. The number of hydrogen-bond donors (Lipinski definition) is 1. The number of nitrogens with one attached hydrogen (secondary N) is 1. The number of benzene rings is 1. The van der Waals surface area contributed by atoms with Crippen molar-refractivity contribution in [2.45, 2.75) is 27.2 Å². The largest absolute Gasteiger partial charge is 0.356 e. The molecule has 0 aromatic heterocycles. The van der Waals surface area contributed by atoms with Gasteiger partial charge < -0.3 is 5.32 Å². The fourth-order valence-corrected chi connectivity index (χ4v) is 0.857. The molecule has 1 N–H and O–H groups in total. The van der Waals surface area contributed by atoms with Gasteiger partial charge in [0.05, 0.1) is 0 Å². The number of rotatable bonds is 2. The van der Waals surface area contributed by atoms with E-state index >= 15 is 0 Å². The van der Waals surface area contributed by atoms with Gasteiger partial charge in [-0.25, -0.2) is 0 Å². The second-order valence-electron chi connectivity index (χ2n) is 2.96. The molecule has 1 amide bonds. The second-order valence-corrected chi connectivity index (χ2v) is 2.96. The van der Waals surface area contributed by atoms with Crippen LogP contribution in [0.1, 0.15) is 25.8 Å². The average Bonchev–Trinajstić information content (AvgIpc) is 2.20. The highest BCUT2D eigenvalue weighted by atomic mass is 16.1. The molecule has 0 saturated heterocycles. The second kappa shape index (κ2) is 8.30. The van der Waals surface area contributed by atoms with E-state index in [4.69, 9.17) is 0 Å². The lowest BCUT2D eigenvalue weighted by Crippen LogP contribution is -2.20. The molecule has 0 aliphatic heterocycles. The smallest absolute Gasteiger partial charge is 0.219 e. The molecule has 0 aliphatic carbocycles. The molecule has 0 atom stereocenters. The first-order valence-corrected chi connectivity index (χ1v) is 4.99. The van der Waals surface area contributed by atoms with Crippen LogP contribution >= 0.6 is 0 Å². The maximum absolute atomic E-state index is 10.3. The van der Waals surface area contributed by atoms with Crippen molar-refractivity contribution in [3.8, 4) is 0 Å². The van der Waals surface area contributed by atoms with Crippen LogP contribution in [-0.4, -0.2) is 12.5 Å². The minimum atomic E-state index is 0.127. The molecule has 0 bridgehead atoms. The summed E-state index contributed by atoms with van der Waals surface area (Å²) in [6.45, 7) is 6.57. The van der Waals surface area contributed by atoms with Crippen molar-refractivity contribution in [2.75, 3.05) is 6.54 Å². The number of amides is 1. The Labute approximate surface area is 86.3 Å². The highest BCUT2D eigenvalue weighted by Crippen LogP contribution is 1.92. The third-order valence-corrected chi connectivity index (χ3v) is 1.64. The number of hydrogen-bond acceptors (Lipinski definition) is 1. The molecule has 14 heavy (non-hydrogen) atoms. The zero-order chi connectivity index (χ0) is 10.8. The Morgan fingerprint density at radius 3 is 2.00 bits per heavy atom. The Hall–Kier alpha value is -1.31. The summed E-state index contributed by atoms with van der Waals surface area (Å²) in [5, 5.41) is 2.66. The first-order valence-electron chi connectivity index (χ1n) is 4.99. The van der Waals surface area contributed by atoms with E-state index in [0.717, 1.165) is 6.54 Å². The molecule has 0 saturated carbocycles. The fraction of sp³-hybridized carbons (Fsp3) is 0.417. The Bertz CT molecular complexity index is 244. The van der Waals surface area contributed by atoms with Gasteiger partial charge in [-0.1, -0.05) is 42.8 Å². The van der Waals surface area contributed by atoms with E-state index in [2.05, 4.69) is 24.4 Å². The van der Waals surface area contributed by atoms with Gasteiger partial charge in [0.2, 0.25) is 5.91 Å². The van der Waals surface area contributed by atoms with Crippen LogP contribution in [0.25, 0.3) is 0 Å². The molecular formula is C12H19NO. The van der Waals surface area contributed by atoms with E-state index in [-0.39, 0.29) is 5.91 Å². The van der Waals surface area contributed by atoms with Crippen LogP contribution in [0.15, 0.2) is 30.3 Å². The van der Waals surface area contributed by atoms with Crippen molar-refractivity contribution in [3.05, 3.63) is 35.9 Å². The summed E-state index contributed by atoms with van der Waals surface area (Å²) >= 11 is 0. The first kappa shape index (κ1) is 12.7. The molecule has 0 heterocycles. The lowest BCUT2D eigenvalue weighted by Gasteiger charge is -1.93. The summed E-state index contributed by atoms with van der Waals surface area (Å²) in [5.74, 6) is 0.127. The Morgan fingerprint density at radius 2 is 1.79 bits per heavy atom. The third kappa shape index (κ3) is 7.35. The van der Waals surface area contributed by atoms with Gasteiger partial charge in [0.1, 0.15) is 0 Å². The minimum absolute atomic E-state index is 0.127. The van der Waals surface area contributed by atoms with Gasteiger partial charge in [-0.05, 0) is 13.8 Å². The fourth-order valence-electron chi connectivity index (χ4n) is 0.857. The van der Waals surface area contributed by atoms with E-state index in [1.54, 1.807) is 0 Å². The van der Waals surface area contributed by atoms with Crippen molar-refractivity contribution in [3.63, 3.8) is 0 Å². The quantitative estimate of drug-likeness (QED) is 0.768. The number of carbonyl (C=O) groups is 1. The minimum Gasteiger partial charge on any atom is -0.356 e. The Morgan fingerprint density at radius 1 is 1.21 bits per heavy atom. The van der Waals surface area contributed by atoms with Gasteiger partial charge in [0, 0.05) is 13.0 Å². The Balaban J connectivity index is 0.000000241. The van der Waals surface area contributed by atoms with Crippen LogP contribution in [0.2, 0.25) is 0 Å². The van der Waals surface area contributed by atoms with Gasteiger partial charge in [0.15, 0.2) is 0 Å². The van der Waals surface area contributed by atoms with E-state index in [9.17, 15) is 4.79 Å². The molecule has 0 aliphatic rings. The van der Waals surface area contributed by atoms with E-state index in [0.29, 0.717) is 6.42 Å². The summed E-state index contributed by atoms with van der Waals surface area (Å²) in [6, 6.07) is 10.3. The van der Waals surface area contributed by atoms with Crippen molar-refractivity contribution in [2.24, 2.45) is 0 Å². The molecule has 0 unspecified atom stereocenters. The first-order chi connectivity index (χ1) is 6.70. The van der Waals surface area contributed by atoms with Crippen LogP contribution in [0.5, 0.6) is 0 Å². The maximum atomic E-state index is 10.3. The lowest BCUT2D eigenvalue weighted by molar-refractivity contribution is -0.120. The molecule has 1 rings (SSSR count). The van der Waals surface area contributed by atoms with Gasteiger partial charge in [0.25, 0.3) is 0 Å². The summed E-state index contributed by atoms with van der Waals surface area (Å²) < 4.78 is 0. The molecule has 78 valence electrons. The zero-order valence-electron chi connectivity index (χ0n) is 9.21. The summed E-state index contributed by atoms with van der Waals surface area (Å²) in [4.78, 5) is 10.3. The van der Waals surface area contributed by atoms with E-state index < -0.39 is 0 Å². The monoisotopic (exact) mass is 193 g/mol. The van der Waals surface area contributed by atoms with Crippen LogP contribution in [-0.2, 0) is 4.79 Å². The van der Waals surface area contributed by atoms with Gasteiger partial charge in [-0.15, -0.1) is 0 Å². The Kier molecular flexibility index (Phi) is 7.52. The van der Waals surface area contributed by atoms with E-state index in [1.807, 2.05) is 32.0 Å². The van der Waals surface area contributed by atoms with Crippen molar-refractivity contribution in [1.29, 1.82) is 0 Å². The standard InChI is InChI=1S/C7H8.C5H11NO/c1-7-5-3-2-4-6-7;1-3-5(7)6-4-2/h2-6H,1H3;3-4H2,1-2H3,(H,6,7). The zero-order valence-corrected chi connectivity index (χ0v) is 9.21. The lowest BCUT2D eigenvalue weighted by atomic mass is 10.2. The highest BCUT2D eigenvalue weighted by Gasteiger charge is 1.88. The van der Waals surface area contributed by atoms with Crippen LogP contribution in [0, 0.1) is 6.92 Å². The van der Waals surface area contributed by atoms with Gasteiger partial charge >= 0.3 is 0 Å². The normalized spacial score (nSPS) is 8.50. The van der Waals surface area contributed by atoms with Crippen LogP contribution in [0.3, 0.4) is 0 Å². The maximum Gasteiger partial charge on any atom is 0.219 e. The molecular weight excluding hydrogens is 174 g/mol. The molecule has 1 aromatic carbocycles. The van der Waals surface area contributed by atoms with Gasteiger partial charge in [-0.3, -0.25) is 4.79 Å². The number of aryl methyl sites for hydroxylation is 1. The van der Waals surface area contributed by atoms with Crippen molar-refractivity contribution in [1.82, 2.24) is 5.32 Å². The van der Waals surface area contributed by atoms with Crippen LogP contribution in [0.4, 0.5) is 0 Å². The van der Waals surface area contributed by atoms with Crippen molar-refractivity contribution >= 4 is 5.91 Å². The molecule has 0 spiro atoms. The topological polar surface area (TPSA) is 29.1 Å². The molecule has 0 fully saturated rings. The molecule has 2 nitrogen and oxygen atoms in total. The third-order valence-electron chi connectivity index (χ3n) is 1.64. The molecule has 2 heteroatoms. The summed E-state index contributed by atoms with van der Waals surface area (Å²) in [6.07, 6.45) is 0.591. The summed E-state index contributed by atoms with van der Waals surface area (Å²) in [5.41, 5.74) is 1.32. The van der Waals surface area contributed by atoms with Gasteiger partial charge in [-0.2, -0.15) is 0 Å². The van der Waals surface area contributed by atoms with E-state index in [1.165, 1.54) is 5.56 Å². The SMILES string of the molecule is CCNC(=O)CC.Cc1ccccc1. The predicted octanol–water partition coefficient (Wildman–Crippen LogP) is 2.53. The highest BCUT2D eigenvalue weighted by molar-refractivity contribution is 5.75. The average molecular weight is 193 g/mol. The molecule has 0 radical (unpaired) electrons. The van der Waals surface area contributed by atoms with Crippen LogP contribution < -0.4 is 5.32 Å². The summed E-state index contributed by atoms with van der Waals surface area (Å²) in [7, 11) is 0. The van der Waals surface area contributed by atoms with Crippen molar-refractivity contribution < 1.29 is 4.79 Å². The predicted molar refractivity (Wildman–Crippen MR) is 60.2 cm³/mol.